The molecule has 1 aliphatic heterocycles. The molecule has 1 saturated heterocycles. The van der Waals surface area contributed by atoms with Crippen molar-refractivity contribution in [2.45, 2.75) is 13.5 Å². The van der Waals surface area contributed by atoms with Crippen molar-refractivity contribution in [3.05, 3.63) is 59.7 Å². The minimum Gasteiger partial charge on any atom is -0.447 e. The molecule has 26 heavy (non-hydrogen) atoms. The van der Waals surface area contributed by atoms with Crippen LogP contribution in [0.1, 0.15) is 22.8 Å². The molecule has 0 bridgehead atoms. The summed E-state index contributed by atoms with van der Waals surface area (Å²) >= 11 is 0. The number of Topliss-reactive ketones (excluding diaryl/α,β-unsaturated/α-hetero) is 1. The summed E-state index contributed by atoms with van der Waals surface area (Å²) in [5.41, 5.74) is 2.67. The zero-order valence-electron chi connectivity index (χ0n) is 14.3. The first-order valence-corrected chi connectivity index (χ1v) is 8.22. The van der Waals surface area contributed by atoms with Gasteiger partial charge in [0.05, 0.1) is 6.54 Å². The van der Waals surface area contributed by atoms with E-state index in [0.29, 0.717) is 30.9 Å². The first-order chi connectivity index (χ1) is 12.5. The zero-order valence-corrected chi connectivity index (χ0v) is 14.3. The van der Waals surface area contributed by atoms with Crippen LogP contribution in [-0.4, -0.2) is 31.1 Å². The fourth-order valence-corrected chi connectivity index (χ4v) is 2.64. The second-order valence-corrected chi connectivity index (χ2v) is 5.88. The van der Waals surface area contributed by atoms with Gasteiger partial charge in [0.25, 0.3) is 0 Å². The predicted molar refractivity (Wildman–Crippen MR) is 97.4 cm³/mol. The van der Waals surface area contributed by atoms with Crippen LogP contribution in [-0.2, 0) is 11.3 Å². The van der Waals surface area contributed by atoms with Crippen molar-refractivity contribution in [3.8, 4) is 0 Å². The van der Waals surface area contributed by atoms with Gasteiger partial charge in [-0.2, -0.15) is 0 Å². The number of hydrogen-bond donors (Lipinski definition) is 2. The molecule has 0 atom stereocenters. The molecule has 134 valence electrons. The number of ether oxygens (including phenoxy) is 1. The van der Waals surface area contributed by atoms with Crippen LogP contribution >= 0.6 is 0 Å². The molecule has 0 aliphatic carbocycles. The Hall–Kier alpha value is -3.35. The fraction of sp³-hybridized carbons (Fsp3) is 0.211. The molecule has 3 rings (SSSR count). The van der Waals surface area contributed by atoms with Gasteiger partial charge in [-0.1, -0.05) is 24.3 Å². The van der Waals surface area contributed by atoms with E-state index in [1.807, 2.05) is 24.3 Å². The normalized spacial score (nSPS) is 13.3. The molecular formula is C19H19N3O4. The number of nitrogens with one attached hydrogen (secondary N) is 2. The summed E-state index contributed by atoms with van der Waals surface area (Å²) in [5.74, 6) is -0.0636. The number of nitrogens with zero attached hydrogens (tertiary/aromatic N) is 1. The second kappa shape index (κ2) is 7.69. The number of rotatable bonds is 5. The Balaban J connectivity index is 1.59. The van der Waals surface area contributed by atoms with Crippen LogP contribution < -0.4 is 15.5 Å². The molecule has 0 radical (unpaired) electrons. The van der Waals surface area contributed by atoms with E-state index in [4.69, 9.17) is 4.74 Å². The number of anilines is 2. The van der Waals surface area contributed by atoms with Crippen molar-refractivity contribution in [2.75, 3.05) is 23.4 Å². The second-order valence-electron chi connectivity index (χ2n) is 5.88. The monoisotopic (exact) mass is 353 g/mol. The maximum absolute atomic E-state index is 12.1. The molecule has 0 unspecified atom stereocenters. The largest absolute Gasteiger partial charge is 0.447 e. The lowest BCUT2D eigenvalue weighted by molar-refractivity contribution is 0.101. The van der Waals surface area contributed by atoms with Crippen molar-refractivity contribution >= 4 is 29.3 Å². The molecule has 0 saturated carbocycles. The fourth-order valence-electron chi connectivity index (χ4n) is 2.64. The van der Waals surface area contributed by atoms with Gasteiger partial charge in [-0.15, -0.1) is 0 Å². The van der Waals surface area contributed by atoms with Crippen LogP contribution in [0.3, 0.4) is 0 Å². The molecule has 3 amide bonds. The Morgan fingerprint density at radius 2 is 1.96 bits per heavy atom. The summed E-state index contributed by atoms with van der Waals surface area (Å²) in [5, 5.41) is 5.45. The van der Waals surface area contributed by atoms with E-state index in [9.17, 15) is 14.4 Å². The Morgan fingerprint density at radius 1 is 1.15 bits per heavy atom. The molecule has 1 aliphatic rings. The lowest BCUT2D eigenvalue weighted by Crippen LogP contribution is -2.28. The van der Waals surface area contributed by atoms with Gasteiger partial charge in [0.2, 0.25) is 0 Å². The van der Waals surface area contributed by atoms with Gasteiger partial charge in [0.1, 0.15) is 6.61 Å². The molecule has 1 fully saturated rings. The Kier molecular flexibility index (Phi) is 5.17. The number of amides is 3. The lowest BCUT2D eigenvalue weighted by atomic mass is 10.1. The van der Waals surface area contributed by atoms with Gasteiger partial charge in [0, 0.05) is 23.5 Å². The van der Waals surface area contributed by atoms with Crippen LogP contribution in [0.25, 0.3) is 0 Å². The highest BCUT2D eigenvalue weighted by atomic mass is 16.6. The average molecular weight is 353 g/mol. The van der Waals surface area contributed by atoms with E-state index >= 15 is 0 Å². The number of benzene rings is 2. The van der Waals surface area contributed by atoms with Gasteiger partial charge in [-0.3, -0.25) is 9.69 Å². The van der Waals surface area contributed by atoms with Crippen molar-refractivity contribution in [1.82, 2.24) is 5.32 Å². The number of carbonyl (C=O) groups excluding carboxylic acids is 3. The summed E-state index contributed by atoms with van der Waals surface area (Å²) in [7, 11) is 0. The number of carbonyl (C=O) groups is 3. The first kappa shape index (κ1) is 17.5. The third kappa shape index (κ3) is 4.18. The molecule has 1 heterocycles. The third-order valence-electron chi connectivity index (χ3n) is 3.96. The summed E-state index contributed by atoms with van der Waals surface area (Å²) < 4.78 is 4.93. The minimum atomic E-state index is -0.378. The first-order valence-electron chi connectivity index (χ1n) is 8.22. The zero-order chi connectivity index (χ0) is 18.5. The van der Waals surface area contributed by atoms with Crippen LogP contribution in [0.15, 0.2) is 48.5 Å². The molecule has 0 aromatic heterocycles. The highest BCUT2D eigenvalue weighted by molar-refractivity contribution is 5.96. The SMILES string of the molecule is CC(=O)c1cccc(NC(=O)NCc2cccc(N3CCOC3=O)c2)c1. The summed E-state index contributed by atoms with van der Waals surface area (Å²) in [6.45, 7) is 2.67. The quantitative estimate of drug-likeness (QED) is 0.808. The number of hydrogen-bond acceptors (Lipinski definition) is 4. The van der Waals surface area contributed by atoms with E-state index in [1.165, 1.54) is 6.92 Å². The van der Waals surface area contributed by atoms with E-state index in [1.54, 1.807) is 29.2 Å². The van der Waals surface area contributed by atoms with Crippen LogP contribution in [0.4, 0.5) is 21.0 Å². The summed E-state index contributed by atoms with van der Waals surface area (Å²) in [6.07, 6.45) is -0.363. The Labute approximate surface area is 150 Å². The van der Waals surface area contributed by atoms with Gasteiger partial charge in [-0.05, 0) is 36.8 Å². The molecule has 2 aromatic carbocycles. The topological polar surface area (TPSA) is 87.7 Å². The third-order valence-corrected chi connectivity index (χ3v) is 3.96. The van der Waals surface area contributed by atoms with E-state index in [0.717, 1.165) is 11.3 Å². The van der Waals surface area contributed by atoms with Gasteiger partial charge < -0.3 is 15.4 Å². The average Bonchev–Trinajstić information content (AvgIpc) is 3.06. The van der Waals surface area contributed by atoms with Crippen LogP contribution in [0.2, 0.25) is 0 Å². The van der Waals surface area contributed by atoms with Crippen molar-refractivity contribution in [2.24, 2.45) is 0 Å². The number of urea groups is 1. The number of ketones is 1. The van der Waals surface area contributed by atoms with Crippen LogP contribution in [0, 0.1) is 0 Å². The van der Waals surface area contributed by atoms with Gasteiger partial charge in [-0.25, -0.2) is 9.59 Å². The molecule has 7 heteroatoms. The predicted octanol–water partition coefficient (Wildman–Crippen LogP) is 3.17. The smallest absolute Gasteiger partial charge is 0.414 e. The van der Waals surface area contributed by atoms with Crippen molar-refractivity contribution in [1.29, 1.82) is 0 Å². The standard InChI is InChI=1S/C19H19N3O4/c1-13(23)15-5-3-6-16(11-15)21-18(24)20-12-14-4-2-7-17(10-14)22-8-9-26-19(22)25/h2-7,10-11H,8-9,12H2,1H3,(H2,20,21,24). The lowest BCUT2D eigenvalue weighted by Gasteiger charge is -2.14. The van der Waals surface area contributed by atoms with Gasteiger partial charge in [0.15, 0.2) is 5.78 Å². The molecule has 7 nitrogen and oxygen atoms in total. The molecule has 2 aromatic rings. The van der Waals surface area contributed by atoms with E-state index in [-0.39, 0.29) is 17.9 Å². The Morgan fingerprint density at radius 3 is 2.69 bits per heavy atom. The maximum Gasteiger partial charge on any atom is 0.414 e. The molecular weight excluding hydrogens is 334 g/mol. The minimum absolute atomic E-state index is 0.0636. The molecule has 0 spiro atoms. The highest BCUT2D eigenvalue weighted by Crippen LogP contribution is 2.20. The Bertz CT molecular complexity index is 850. The van der Waals surface area contributed by atoms with Gasteiger partial charge >= 0.3 is 12.1 Å². The van der Waals surface area contributed by atoms with Crippen molar-refractivity contribution < 1.29 is 19.1 Å². The maximum atomic E-state index is 12.1. The number of cyclic esters (lactones) is 1. The van der Waals surface area contributed by atoms with Crippen LogP contribution in [0.5, 0.6) is 0 Å². The molecule has 2 N–H and O–H groups in total. The van der Waals surface area contributed by atoms with E-state index < -0.39 is 0 Å². The van der Waals surface area contributed by atoms with E-state index in [2.05, 4.69) is 10.6 Å². The van der Waals surface area contributed by atoms with Crippen molar-refractivity contribution in [3.63, 3.8) is 0 Å². The summed E-state index contributed by atoms with van der Waals surface area (Å²) in [4.78, 5) is 36.6. The highest BCUT2D eigenvalue weighted by Gasteiger charge is 2.23. The summed E-state index contributed by atoms with van der Waals surface area (Å²) in [6, 6.07) is 13.7.